The van der Waals surface area contributed by atoms with Gasteiger partial charge in [-0.3, -0.25) is 19.3 Å². The van der Waals surface area contributed by atoms with Crippen LogP contribution >= 0.6 is 39.3 Å². The summed E-state index contributed by atoms with van der Waals surface area (Å²) < 4.78 is 6.40. The minimum absolute atomic E-state index is 0.223. The fourth-order valence-electron chi connectivity index (χ4n) is 2.56. The van der Waals surface area contributed by atoms with Gasteiger partial charge in [-0.05, 0) is 60.3 Å². The third kappa shape index (κ3) is 5.18. The normalized spacial score (nSPS) is 15.1. The molecular weight excluding hydrogens is 478 g/mol. The molecule has 1 fully saturated rings. The number of hydrogen-bond donors (Lipinski definition) is 0. The molecule has 0 radical (unpaired) electrons. The minimum atomic E-state index is -0.517. The van der Waals surface area contributed by atoms with Crippen LogP contribution in [0.2, 0.25) is 5.02 Å². The van der Waals surface area contributed by atoms with Crippen LogP contribution in [0.3, 0.4) is 0 Å². The van der Waals surface area contributed by atoms with Crippen LogP contribution in [-0.2, 0) is 4.79 Å². The van der Waals surface area contributed by atoms with Crippen molar-refractivity contribution in [2.75, 3.05) is 13.2 Å². The third-order valence-electron chi connectivity index (χ3n) is 3.96. The lowest BCUT2D eigenvalue weighted by Gasteiger charge is -2.11. The topological polar surface area (TPSA) is 63.7 Å². The number of amides is 2. The molecule has 0 saturated carbocycles. The standard InChI is InChI=1S/C21H15BrClNO4S/c1-2-9-28-18-8-5-15(22)10-14(18)11-19-20(26)24(21(27)29-19)12-17(25)13-3-6-16(23)7-4-13/h2-8,10-11H,1,9,12H2/b19-11+. The van der Waals surface area contributed by atoms with Gasteiger partial charge in [-0.1, -0.05) is 40.2 Å². The molecule has 1 aliphatic rings. The van der Waals surface area contributed by atoms with E-state index < -0.39 is 11.1 Å². The lowest BCUT2D eigenvalue weighted by Crippen LogP contribution is -2.33. The summed E-state index contributed by atoms with van der Waals surface area (Å²) in [4.78, 5) is 38.7. The number of carbonyl (C=O) groups excluding carboxylic acids is 3. The highest BCUT2D eigenvalue weighted by Gasteiger charge is 2.36. The maximum absolute atomic E-state index is 12.7. The zero-order chi connectivity index (χ0) is 21.0. The number of imide groups is 1. The van der Waals surface area contributed by atoms with E-state index in [1.165, 1.54) is 0 Å². The van der Waals surface area contributed by atoms with Gasteiger partial charge in [-0.15, -0.1) is 0 Å². The Labute approximate surface area is 185 Å². The Morgan fingerprint density at radius 3 is 2.62 bits per heavy atom. The van der Waals surface area contributed by atoms with E-state index in [0.29, 0.717) is 28.5 Å². The van der Waals surface area contributed by atoms with Gasteiger partial charge in [0.1, 0.15) is 12.4 Å². The molecule has 148 valence electrons. The number of halogens is 2. The van der Waals surface area contributed by atoms with E-state index in [1.807, 2.05) is 6.07 Å². The summed E-state index contributed by atoms with van der Waals surface area (Å²) in [5.74, 6) is -0.309. The fraction of sp³-hybridized carbons (Fsp3) is 0.0952. The molecule has 1 heterocycles. The average molecular weight is 493 g/mol. The molecule has 2 aromatic rings. The van der Waals surface area contributed by atoms with Crippen molar-refractivity contribution in [3.8, 4) is 5.75 Å². The Kier molecular flexibility index (Phi) is 6.95. The van der Waals surface area contributed by atoms with Gasteiger partial charge >= 0.3 is 0 Å². The van der Waals surface area contributed by atoms with Gasteiger partial charge in [-0.25, -0.2) is 0 Å². The van der Waals surface area contributed by atoms with Crippen molar-refractivity contribution in [1.29, 1.82) is 0 Å². The predicted octanol–water partition coefficient (Wildman–Crippen LogP) is 5.59. The summed E-state index contributed by atoms with van der Waals surface area (Å²) in [5.41, 5.74) is 1.01. The van der Waals surface area contributed by atoms with Crippen molar-refractivity contribution < 1.29 is 19.1 Å². The summed E-state index contributed by atoms with van der Waals surface area (Å²) in [6, 6.07) is 11.6. The number of thioether (sulfide) groups is 1. The van der Waals surface area contributed by atoms with E-state index in [9.17, 15) is 14.4 Å². The molecule has 5 nitrogen and oxygen atoms in total. The van der Waals surface area contributed by atoms with E-state index in [4.69, 9.17) is 16.3 Å². The Morgan fingerprint density at radius 1 is 1.21 bits per heavy atom. The van der Waals surface area contributed by atoms with Gasteiger partial charge in [0.25, 0.3) is 11.1 Å². The van der Waals surface area contributed by atoms with Crippen LogP contribution in [0.5, 0.6) is 5.75 Å². The van der Waals surface area contributed by atoms with Crippen LogP contribution in [0.15, 0.2) is 64.5 Å². The number of rotatable bonds is 7. The first kappa shape index (κ1) is 21.4. The van der Waals surface area contributed by atoms with Crippen LogP contribution in [0, 0.1) is 0 Å². The quantitative estimate of drug-likeness (QED) is 0.286. The predicted molar refractivity (Wildman–Crippen MR) is 118 cm³/mol. The molecule has 0 N–H and O–H groups in total. The second-order valence-corrected chi connectivity index (χ2v) is 8.33. The molecule has 1 aliphatic heterocycles. The maximum atomic E-state index is 12.7. The van der Waals surface area contributed by atoms with Crippen LogP contribution in [0.25, 0.3) is 6.08 Å². The van der Waals surface area contributed by atoms with Gasteiger partial charge in [0.05, 0.1) is 11.4 Å². The number of carbonyl (C=O) groups is 3. The Bertz CT molecular complexity index is 1020. The summed E-state index contributed by atoms with van der Waals surface area (Å²) >= 11 is 10.0. The second kappa shape index (κ2) is 9.43. The third-order valence-corrected chi connectivity index (χ3v) is 5.61. The molecule has 1 saturated heterocycles. The van der Waals surface area contributed by atoms with Crippen molar-refractivity contribution >= 4 is 62.3 Å². The molecule has 0 aromatic heterocycles. The summed E-state index contributed by atoms with van der Waals surface area (Å²) in [5, 5.41) is 0.00581. The monoisotopic (exact) mass is 491 g/mol. The fourth-order valence-corrected chi connectivity index (χ4v) is 3.89. The lowest BCUT2D eigenvalue weighted by molar-refractivity contribution is -0.122. The maximum Gasteiger partial charge on any atom is 0.293 e. The van der Waals surface area contributed by atoms with Crippen molar-refractivity contribution in [3.05, 3.63) is 80.6 Å². The number of Topliss-reactive ketones (excluding diaryl/α,β-unsaturated/α-hetero) is 1. The summed E-state index contributed by atoms with van der Waals surface area (Å²) in [7, 11) is 0. The molecule has 2 aromatic carbocycles. The Balaban J connectivity index is 1.81. The number of ether oxygens (including phenoxy) is 1. The number of nitrogens with zero attached hydrogens (tertiary/aromatic N) is 1. The van der Waals surface area contributed by atoms with Gasteiger partial charge in [0, 0.05) is 20.6 Å². The van der Waals surface area contributed by atoms with Gasteiger partial charge in [0.2, 0.25) is 0 Å². The summed E-state index contributed by atoms with van der Waals surface area (Å²) in [6.07, 6.45) is 3.20. The largest absolute Gasteiger partial charge is 0.489 e. The molecule has 0 atom stereocenters. The van der Waals surface area contributed by atoms with Crippen molar-refractivity contribution in [3.63, 3.8) is 0 Å². The number of hydrogen-bond acceptors (Lipinski definition) is 5. The molecule has 8 heteroatoms. The van der Waals surface area contributed by atoms with E-state index in [2.05, 4.69) is 22.5 Å². The first-order chi connectivity index (χ1) is 13.9. The number of ketones is 1. The highest BCUT2D eigenvalue weighted by Crippen LogP contribution is 2.35. The highest BCUT2D eigenvalue weighted by molar-refractivity contribution is 9.10. The molecule has 0 spiro atoms. The van der Waals surface area contributed by atoms with Gasteiger partial charge in [-0.2, -0.15) is 0 Å². The van der Waals surface area contributed by atoms with Gasteiger partial charge in [0.15, 0.2) is 5.78 Å². The van der Waals surface area contributed by atoms with Crippen LogP contribution in [-0.4, -0.2) is 35.0 Å². The molecule has 0 unspecified atom stereocenters. The van der Waals surface area contributed by atoms with E-state index in [-0.39, 0.29) is 17.2 Å². The Morgan fingerprint density at radius 2 is 1.93 bits per heavy atom. The highest BCUT2D eigenvalue weighted by atomic mass is 79.9. The number of benzene rings is 2. The molecule has 29 heavy (non-hydrogen) atoms. The van der Waals surface area contributed by atoms with Crippen molar-refractivity contribution in [1.82, 2.24) is 4.90 Å². The SMILES string of the molecule is C=CCOc1ccc(Br)cc1/C=C1/SC(=O)N(CC(=O)c2ccc(Cl)cc2)C1=O. The first-order valence-corrected chi connectivity index (χ1v) is 10.4. The second-order valence-electron chi connectivity index (χ2n) is 5.98. The minimum Gasteiger partial charge on any atom is -0.489 e. The zero-order valence-electron chi connectivity index (χ0n) is 15.1. The van der Waals surface area contributed by atoms with E-state index >= 15 is 0 Å². The average Bonchev–Trinajstić information content (AvgIpc) is 2.95. The van der Waals surface area contributed by atoms with Gasteiger partial charge < -0.3 is 4.74 Å². The van der Waals surface area contributed by atoms with Crippen LogP contribution in [0.4, 0.5) is 4.79 Å². The Hall–Kier alpha value is -2.35. The van der Waals surface area contributed by atoms with Crippen LogP contribution < -0.4 is 4.74 Å². The molecular formula is C21H15BrClNO4S. The molecule has 0 aliphatic carbocycles. The van der Waals surface area contributed by atoms with Crippen molar-refractivity contribution in [2.24, 2.45) is 0 Å². The van der Waals surface area contributed by atoms with Crippen molar-refractivity contribution in [2.45, 2.75) is 0 Å². The smallest absolute Gasteiger partial charge is 0.293 e. The van der Waals surface area contributed by atoms with E-state index in [0.717, 1.165) is 21.1 Å². The first-order valence-electron chi connectivity index (χ1n) is 8.46. The zero-order valence-corrected chi connectivity index (χ0v) is 18.2. The summed E-state index contributed by atoms with van der Waals surface area (Å²) in [6.45, 7) is 3.59. The molecule has 0 bridgehead atoms. The molecule has 3 rings (SSSR count). The lowest BCUT2D eigenvalue weighted by atomic mass is 10.1. The molecule has 2 amide bonds. The van der Waals surface area contributed by atoms with E-state index in [1.54, 1.807) is 48.6 Å². The van der Waals surface area contributed by atoms with Crippen LogP contribution in [0.1, 0.15) is 15.9 Å².